The molecule has 1 N–H and O–H groups in total. The molecule has 1 saturated carbocycles. The Balaban J connectivity index is 1.35. The van der Waals surface area contributed by atoms with Crippen LogP contribution in [-0.4, -0.2) is 62.6 Å². The monoisotopic (exact) mass is 348 g/mol. The SMILES string of the molecule is CC(=O)N1CC2(CCN(Cc3noc(C4CC4)n3)CC2)C[C@H]1C(=O)O. The van der Waals surface area contributed by atoms with E-state index in [9.17, 15) is 14.7 Å². The van der Waals surface area contributed by atoms with E-state index in [1.807, 2.05) is 0 Å². The van der Waals surface area contributed by atoms with Crippen LogP contribution in [0, 0.1) is 5.41 Å². The van der Waals surface area contributed by atoms with E-state index < -0.39 is 12.0 Å². The number of nitrogens with zero attached hydrogens (tertiary/aromatic N) is 4. The Morgan fingerprint density at radius 3 is 2.60 bits per heavy atom. The number of aromatic nitrogens is 2. The van der Waals surface area contributed by atoms with Gasteiger partial charge in [-0.05, 0) is 50.6 Å². The molecule has 4 rings (SSSR count). The number of carbonyl (C=O) groups excluding carboxylic acids is 1. The van der Waals surface area contributed by atoms with Gasteiger partial charge in [0.05, 0.1) is 6.54 Å². The number of amides is 1. The summed E-state index contributed by atoms with van der Waals surface area (Å²) in [5.74, 6) is 0.925. The summed E-state index contributed by atoms with van der Waals surface area (Å²) in [6.07, 6.45) is 4.64. The van der Waals surface area contributed by atoms with Gasteiger partial charge in [0.25, 0.3) is 0 Å². The zero-order valence-corrected chi connectivity index (χ0v) is 14.5. The predicted molar refractivity (Wildman–Crippen MR) is 86.6 cm³/mol. The zero-order valence-electron chi connectivity index (χ0n) is 14.5. The van der Waals surface area contributed by atoms with Crippen molar-refractivity contribution in [1.82, 2.24) is 19.9 Å². The van der Waals surface area contributed by atoms with Crippen LogP contribution in [0.5, 0.6) is 0 Å². The van der Waals surface area contributed by atoms with Crippen LogP contribution in [0.3, 0.4) is 0 Å². The molecule has 0 radical (unpaired) electrons. The maximum atomic E-state index is 11.8. The third-order valence-electron chi connectivity index (χ3n) is 5.89. The second kappa shape index (κ2) is 6.09. The fourth-order valence-electron chi connectivity index (χ4n) is 4.18. The van der Waals surface area contributed by atoms with Crippen molar-refractivity contribution in [3.8, 4) is 0 Å². The van der Waals surface area contributed by atoms with Gasteiger partial charge in [-0.25, -0.2) is 4.79 Å². The molecule has 136 valence electrons. The first-order valence-electron chi connectivity index (χ1n) is 9.01. The van der Waals surface area contributed by atoms with Crippen LogP contribution in [0.1, 0.15) is 56.7 Å². The minimum atomic E-state index is -0.895. The average molecular weight is 348 g/mol. The van der Waals surface area contributed by atoms with E-state index >= 15 is 0 Å². The number of carboxylic acids is 1. The van der Waals surface area contributed by atoms with Gasteiger partial charge in [-0.2, -0.15) is 4.98 Å². The summed E-state index contributed by atoms with van der Waals surface area (Å²) in [6, 6.07) is -0.678. The fourth-order valence-corrected chi connectivity index (χ4v) is 4.18. The molecule has 3 heterocycles. The van der Waals surface area contributed by atoms with Gasteiger partial charge in [0.15, 0.2) is 5.82 Å². The van der Waals surface area contributed by atoms with E-state index in [4.69, 9.17) is 4.52 Å². The number of aliphatic carboxylic acids is 1. The summed E-state index contributed by atoms with van der Waals surface area (Å²) in [7, 11) is 0. The highest BCUT2D eigenvalue weighted by molar-refractivity contribution is 5.83. The van der Waals surface area contributed by atoms with Crippen molar-refractivity contribution in [2.45, 2.75) is 57.5 Å². The summed E-state index contributed by atoms with van der Waals surface area (Å²) in [5, 5.41) is 13.5. The Hall–Kier alpha value is -1.96. The fraction of sp³-hybridized carbons (Fsp3) is 0.765. The van der Waals surface area contributed by atoms with Crippen molar-refractivity contribution in [3.63, 3.8) is 0 Å². The number of carboxylic acid groups (broad SMARTS) is 1. The lowest BCUT2D eigenvalue weighted by atomic mass is 9.76. The van der Waals surface area contributed by atoms with Crippen LogP contribution >= 0.6 is 0 Å². The number of likely N-dealkylation sites (tertiary alicyclic amines) is 2. The highest BCUT2D eigenvalue weighted by Gasteiger charge is 2.49. The van der Waals surface area contributed by atoms with E-state index in [-0.39, 0.29) is 11.3 Å². The molecule has 0 unspecified atom stereocenters. The number of piperidine rings is 1. The van der Waals surface area contributed by atoms with Gasteiger partial charge in [0.2, 0.25) is 11.8 Å². The largest absolute Gasteiger partial charge is 0.480 e. The smallest absolute Gasteiger partial charge is 0.326 e. The average Bonchev–Trinajstić information content (AvgIpc) is 3.20. The van der Waals surface area contributed by atoms with Crippen LogP contribution in [0.4, 0.5) is 0 Å². The van der Waals surface area contributed by atoms with Crippen molar-refractivity contribution in [2.24, 2.45) is 5.41 Å². The number of rotatable bonds is 4. The molecule has 0 bridgehead atoms. The molecule has 8 nitrogen and oxygen atoms in total. The summed E-state index contributed by atoms with van der Waals surface area (Å²) < 4.78 is 5.31. The second-order valence-corrected chi connectivity index (χ2v) is 7.80. The molecule has 1 aromatic heterocycles. The molecule has 1 spiro atoms. The highest BCUT2D eigenvalue weighted by Crippen LogP contribution is 2.44. The third-order valence-corrected chi connectivity index (χ3v) is 5.89. The molecule has 0 aromatic carbocycles. The molecule has 2 aliphatic heterocycles. The van der Waals surface area contributed by atoms with E-state index in [1.54, 1.807) is 0 Å². The van der Waals surface area contributed by atoms with Crippen molar-refractivity contribution in [2.75, 3.05) is 19.6 Å². The predicted octanol–water partition coefficient (Wildman–Crippen LogP) is 1.23. The Morgan fingerprint density at radius 1 is 1.32 bits per heavy atom. The van der Waals surface area contributed by atoms with Gasteiger partial charge in [0.1, 0.15) is 6.04 Å². The second-order valence-electron chi connectivity index (χ2n) is 7.80. The minimum Gasteiger partial charge on any atom is -0.480 e. The number of hydrogen-bond donors (Lipinski definition) is 1. The molecule has 3 fully saturated rings. The lowest BCUT2D eigenvalue weighted by Crippen LogP contribution is -2.42. The lowest BCUT2D eigenvalue weighted by molar-refractivity contribution is -0.147. The molecule has 1 amide bonds. The molecule has 3 aliphatic rings. The van der Waals surface area contributed by atoms with E-state index in [2.05, 4.69) is 15.0 Å². The molecule has 8 heteroatoms. The topological polar surface area (TPSA) is 99.8 Å². The van der Waals surface area contributed by atoms with E-state index in [1.165, 1.54) is 11.8 Å². The zero-order chi connectivity index (χ0) is 17.6. The summed E-state index contributed by atoms with van der Waals surface area (Å²) in [6.45, 7) is 4.42. The Bertz CT molecular complexity index is 652. The first kappa shape index (κ1) is 16.5. The van der Waals surface area contributed by atoms with Gasteiger partial charge in [0, 0.05) is 19.4 Å². The van der Waals surface area contributed by atoms with Crippen LogP contribution in [0.2, 0.25) is 0 Å². The maximum absolute atomic E-state index is 11.8. The van der Waals surface area contributed by atoms with Crippen molar-refractivity contribution in [3.05, 3.63) is 11.7 Å². The standard InChI is InChI=1S/C17H24N4O4/c1-11(22)21-10-17(8-13(21)16(23)24)4-6-20(7-5-17)9-14-18-15(25-19-14)12-2-3-12/h12-13H,2-10H2,1H3,(H,23,24)/t13-/m0/s1. The van der Waals surface area contributed by atoms with Gasteiger partial charge >= 0.3 is 5.97 Å². The van der Waals surface area contributed by atoms with Crippen LogP contribution < -0.4 is 0 Å². The molecular formula is C17H24N4O4. The minimum absolute atomic E-state index is 0.0678. The van der Waals surface area contributed by atoms with E-state index in [0.717, 1.165) is 50.5 Å². The highest BCUT2D eigenvalue weighted by atomic mass is 16.5. The van der Waals surface area contributed by atoms with Crippen molar-refractivity contribution >= 4 is 11.9 Å². The molecule has 2 saturated heterocycles. The first-order chi connectivity index (χ1) is 12.0. The third kappa shape index (κ3) is 3.27. The van der Waals surface area contributed by atoms with Gasteiger partial charge in [-0.3, -0.25) is 9.69 Å². The summed E-state index contributed by atoms with van der Waals surface area (Å²) >= 11 is 0. The first-order valence-corrected chi connectivity index (χ1v) is 9.01. The Morgan fingerprint density at radius 2 is 2.04 bits per heavy atom. The quantitative estimate of drug-likeness (QED) is 0.873. The van der Waals surface area contributed by atoms with Crippen LogP contribution in [0.15, 0.2) is 4.52 Å². The lowest BCUT2D eigenvalue weighted by Gasteiger charge is -2.38. The summed E-state index contributed by atoms with van der Waals surface area (Å²) in [5.41, 5.74) is -0.0678. The molecular weight excluding hydrogens is 324 g/mol. The molecule has 1 aromatic rings. The van der Waals surface area contributed by atoms with Crippen LogP contribution in [0.25, 0.3) is 0 Å². The normalized spacial score (nSPS) is 26.3. The van der Waals surface area contributed by atoms with Gasteiger partial charge in [-0.1, -0.05) is 5.16 Å². The Labute approximate surface area is 146 Å². The van der Waals surface area contributed by atoms with Gasteiger partial charge < -0.3 is 14.5 Å². The van der Waals surface area contributed by atoms with Gasteiger partial charge in [-0.15, -0.1) is 0 Å². The molecule has 25 heavy (non-hydrogen) atoms. The molecule has 1 aliphatic carbocycles. The molecule has 1 atom stereocenters. The Kier molecular flexibility index (Phi) is 4.02. The maximum Gasteiger partial charge on any atom is 0.326 e. The van der Waals surface area contributed by atoms with Crippen molar-refractivity contribution in [1.29, 1.82) is 0 Å². The van der Waals surface area contributed by atoms with Crippen molar-refractivity contribution < 1.29 is 19.2 Å². The van der Waals surface area contributed by atoms with E-state index in [0.29, 0.717) is 25.4 Å². The number of hydrogen-bond acceptors (Lipinski definition) is 6. The van der Waals surface area contributed by atoms with Crippen LogP contribution in [-0.2, 0) is 16.1 Å². The summed E-state index contributed by atoms with van der Waals surface area (Å²) in [4.78, 5) is 31.6. The number of carbonyl (C=O) groups is 2.